The summed E-state index contributed by atoms with van der Waals surface area (Å²) in [7, 11) is 1.58. The van der Waals surface area contributed by atoms with Crippen LogP contribution in [0.3, 0.4) is 0 Å². The molecule has 1 aliphatic heterocycles. The number of ketones is 1. The third kappa shape index (κ3) is 5.36. The van der Waals surface area contributed by atoms with Crippen LogP contribution in [-0.4, -0.2) is 49.2 Å². The molecule has 0 aliphatic carbocycles. The van der Waals surface area contributed by atoms with Crippen molar-refractivity contribution in [2.45, 2.75) is 39.5 Å². The molecule has 4 rings (SSSR count). The lowest BCUT2D eigenvalue weighted by atomic mass is 9.88. The van der Waals surface area contributed by atoms with Gasteiger partial charge in [0.15, 0.2) is 22.9 Å². The maximum absolute atomic E-state index is 13.4. The van der Waals surface area contributed by atoms with Crippen molar-refractivity contribution in [3.05, 3.63) is 53.5 Å². The number of fused-ring (bicyclic) bond motifs is 1. The Hall–Kier alpha value is -2.93. The fraction of sp³-hybridized carbons (Fsp3) is 0.462. The number of piperidine rings is 1. The number of methoxy groups -OCH3 is 1. The highest BCUT2D eigenvalue weighted by atomic mass is 19.1. The fourth-order valence-corrected chi connectivity index (χ4v) is 4.52. The van der Waals surface area contributed by atoms with E-state index < -0.39 is 0 Å². The third-order valence-electron chi connectivity index (χ3n) is 6.28. The van der Waals surface area contributed by atoms with Gasteiger partial charge < -0.3 is 18.9 Å². The van der Waals surface area contributed by atoms with Crippen molar-refractivity contribution in [1.29, 1.82) is 0 Å². The Labute approximate surface area is 193 Å². The van der Waals surface area contributed by atoms with Crippen molar-refractivity contribution in [2.75, 3.05) is 33.4 Å². The number of carbonyl (C=O) groups is 1. The second-order valence-corrected chi connectivity index (χ2v) is 9.63. The molecule has 1 aromatic heterocycles. The van der Waals surface area contributed by atoms with Crippen LogP contribution in [0.4, 0.5) is 4.39 Å². The number of ether oxygens (including phenoxy) is 2. The monoisotopic (exact) mass is 454 g/mol. The summed E-state index contributed by atoms with van der Waals surface area (Å²) in [6.45, 7) is 9.26. The number of nitrogens with zero attached hydrogens (tertiary/aromatic N) is 2. The van der Waals surface area contributed by atoms with Crippen LogP contribution in [0.5, 0.6) is 11.5 Å². The van der Waals surface area contributed by atoms with Crippen molar-refractivity contribution < 1.29 is 23.2 Å². The Bertz CT molecular complexity index is 1130. The molecule has 7 heteroatoms. The zero-order valence-corrected chi connectivity index (χ0v) is 19.7. The first-order chi connectivity index (χ1) is 15.8. The zero-order valence-electron chi connectivity index (χ0n) is 19.7. The molecule has 2 aromatic carbocycles. The molecule has 0 bridgehead atoms. The number of hydrogen-bond donors (Lipinski definition) is 0. The van der Waals surface area contributed by atoms with Gasteiger partial charge in [-0.3, -0.25) is 4.79 Å². The highest BCUT2D eigenvalue weighted by molar-refractivity contribution is 5.94. The van der Waals surface area contributed by atoms with E-state index in [1.807, 2.05) is 0 Å². The normalized spacial score (nSPS) is 15.7. The van der Waals surface area contributed by atoms with E-state index in [4.69, 9.17) is 14.0 Å². The molecule has 1 aliphatic rings. The highest BCUT2D eigenvalue weighted by Crippen LogP contribution is 2.34. The number of aromatic nitrogens is 1. The predicted molar refractivity (Wildman–Crippen MR) is 125 cm³/mol. The number of rotatable bonds is 8. The quantitative estimate of drug-likeness (QED) is 0.421. The molecule has 176 valence electrons. The van der Waals surface area contributed by atoms with E-state index in [9.17, 15) is 9.18 Å². The lowest BCUT2D eigenvalue weighted by Crippen LogP contribution is -2.41. The van der Waals surface area contributed by atoms with Crippen LogP contribution in [0.25, 0.3) is 11.0 Å². The van der Waals surface area contributed by atoms with Crippen molar-refractivity contribution in [2.24, 2.45) is 5.41 Å². The number of carbonyl (C=O) groups excluding carboxylic acids is 1. The number of halogens is 1. The molecule has 1 saturated heterocycles. The third-order valence-corrected chi connectivity index (χ3v) is 6.28. The molecule has 0 unspecified atom stereocenters. The van der Waals surface area contributed by atoms with Gasteiger partial charge in [-0.25, -0.2) is 4.39 Å². The number of likely N-dealkylation sites (tertiary alicyclic amines) is 1. The SMILES string of the molecule is COc1cc(C(C)=O)ccc1OCC(C)(C)CN1CCC(c2noc3cc(F)ccc23)CC1. The Balaban J connectivity index is 1.32. The van der Waals surface area contributed by atoms with Crippen LogP contribution in [0.1, 0.15) is 55.6 Å². The van der Waals surface area contributed by atoms with Crippen LogP contribution >= 0.6 is 0 Å². The van der Waals surface area contributed by atoms with Gasteiger partial charge in [-0.05, 0) is 63.2 Å². The van der Waals surface area contributed by atoms with E-state index in [0.29, 0.717) is 35.2 Å². The standard InChI is InChI=1S/C26H31FN2O4/c1-17(30)19-5-8-22(24(13-19)31-4)32-16-26(2,3)15-29-11-9-18(10-12-29)25-21-7-6-20(27)14-23(21)33-28-25/h5-8,13-14,18H,9-12,15-16H2,1-4H3. The molecular weight excluding hydrogens is 423 g/mol. The van der Waals surface area contributed by atoms with Crippen molar-refractivity contribution in [3.8, 4) is 11.5 Å². The zero-order chi connectivity index (χ0) is 23.6. The van der Waals surface area contributed by atoms with Crippen molar-refractivity contribution >= 4 is 16.8 Å². The minimum Gasteiger partial charge on any atom is -0.493 e. The Kier molecular flexibility index (Phi) is 6.70. The molecule has 2 heterocycles. The first-order valence-electron chi connectivity index (χ1n) is 11.3. The van der Waals surface area contributed by atoms with Crippen LogP contribution < -0.4 is 9.47 Å². The fourth-order valence-electron chi connectivity index (χ4n) is 4.52. The molecule has 1 fully saturated rings. The van der Waals surface area contributed by atoms with Crippen LogP contribution in [0, 0.1) is 11.2 Å². The van der Waals surface area contributed by atoms with E-state index in [1.54, 1.807) is 31.4 Å². The highest BCUT2D eigenvalue weighted by Gasteiger charge is 2.29. The van der Waals surface area contributed by atoms with E-state index in [1.165, 1.54) is 19.1 Å². The summed E-state index contributed by atoms with van der Waals surface area (Å²) >= 11 is 0. The summed E-state index contributed by atoms with van der Waals surface area (Å²) in [6, 6.07) is 9.90. The smallest absolute Gasteiger partial charge is 0.170 e. The van der Waals surface area contributed by atoms with Gasteiger partial charge in [-0.1, -0.05) is 19.0 Å². The molecule has 0 spiro atoms. The van der Waals surface area contributed by atoms with E-state index in [2.05, 4.69) is 23.9 Å². The summed E-state index contributed by atoms with van der Waals surface area (Å²) in [4.78, 5) is 14.1. The van der Waals surface area contributed by atoms with E-state index >= 15 is 0 Å². The molecule has 3 aromatic rings. The molecule has 0 radical (unpaired) electrons. The summed E-state index contributed by atoms with van der Waals surface area (Å²) in [5.74, 6) is 1.21. The summed E-state index contributed by atoms with van der Waals surface area (Å²) < 4.78 is 30.3. The maximum Gasteiger partial charge on any atom is 0.170 e. The van der Waals surface area contributed by atoms with Gasteiger partial charge in [-0.2, -0.15) is 0 Å². The Morgan fingerprint density at radius 3 is 2.64 bits per heavy atom. The molecule has 0 amide bonds. The minimum atomic E-state index is -0.308. The summed E-state index contributed by atoms with van der Waals surface area (Å²) in [5, 5.41) is 5.15. The number of hydrogen-bond acceptors (Lipinski definition) is 6. The number of Topliss-reactive ketones (excluding diaryl/α,β-unsaturated/α-hetero) is 1. The van der Waals surface area contributed by atoms with Crippen molar-refractivity contribution in [3.63, 3.8) is 0 Å². The topological polar surface area (TPSA) is 64.8 Å². The van der Waals surface area contributed by atoms with Gasteiger partial charge in [0.1, 0.15) is 5.82 Å². The lowest BCUT2D eigenvalue weighted by molar-refractivity contribution is 0.0966. The van der Waals surface area contributed by atoms with Gasteiger partial charge in [0.25, 0.3) is 0 Å². The van der Waals surface area contributed by atoms with Gasteiger partial charge in [0.2, 0.25) is 0 Å². The van der Waals surface area contributed by atoms with E-state index in [0.717, 1.165) is 43.6 Å². The predicted octanol–water partition coefficient (Wildman–Crippen LogP) is 5.46. The molecule has 6 nitrogen and oxygen atoms in total. The second kappa shape index (κ2) is 9.51. The summed E-state index contributed by atoms with van der Waals surface area (Å²) in [5.41, 5.74) is 1.98. The van der Waals surface area contributed by atoms with Crippen LogP contribution in [0.2, 0.25) is 0 Å². The largest absolute Gasteiger partial charge is 0.493 e. The van der Waals surface area contributed by atoms with Gasteiger partial charge in [0, 0.05) is 34.9 Å². The Morgan fingerprint density at radius 2 is 1.94 bits per heavy atom. The Morgan fingerprint density at radius 1 is 1.18 bits per heavy atom. The lowest BCUT2D eigenvalue weighted by Gasteiger charge is -2.37. The van der Waals surface area contributed by atoms with Crippen LogP contribution in [-0.2, 0) is 0 Å². The number of benzene rings is 2. The van der Waals surface area contributed by atoms with Gasteiger partial charge in [-0.15, -0.1) is 0 Å². The molecule has 0 atom stereocenters. The van der Waals surface area contributed by atoms with Gasteiger partial charge >= 0.3 is 0 Å². The van der Waals surface area contributed by atoms with Gasteiger partial charge in [0.05, 0.1) is 19.4 Å². The molecule has 0 saturated carbocycles. The van der Waals surface area contributed by atoms with Crippen molar-refractivity contribution in [1.82, 2.24) is 10.1 Å². The summed E-state index contributed by atoms with van der Waals surface area (Å²) in [6.07, 6.45) is 1.96. The average Bonchev–Trinajstić information content (AvgIpc) is 3.20. The average molecular weight is 455 g/mol. The van der Waals surface area contributed by atoms with E-state index in [-0.39, 0.29) is 17.0 Å². The molecule has 0 N–H and O–H groups in total. The maximum atomic E-state index is 13.4. The second-order valence-electron chi connectivity index (χ2n) is 9.63. The van der Waals surface area contributed by atoms with Crippen LogP contribution in [0.15, 0.2) is 40.9 Å². The molecule has 33 heavy (non-hydrogen) atoms. The minimum absolute atomic E-state index is 0.00522. The first kappa shape index (κ1) is 23.2. The molecular formula is C26H31FN2O4. The first-order valence-corrected chi connectivity index (χ1v) is 11.3.